The summed E-state index contributed by atoms with van der Waals surface area (Å²) in [6, 6.07) is 20.5. The number of hydrogen-bond acceptors (Lipinski definition) is 0. The molecule has 0 amide bonds. The quantitative estimate of drug-likeness (QED) is 0.400. The SMILES string of the molecule is C(/C=C/C=C/C=C/C=C/c1ccccc1)=C\C=C\C=C\C=C\c1ccccc1. The average Bonchev–Trinajstić information content (AvgIpc) is 2.75. The molecule has 0 aliphatic carbocycles. The first kappa shape index (κ1) is 20.7. The van der Waals surface area contributed by atoms with E-state index in [-0.39, 0.29) is 0 Å². The number of benzene rings is 2. The highest BCUT2D eigenvalue weighted by molar-refractivity contribution is 5.51. The smallest absolute Gasteiger partial charge is 0.0257 e. The van der Waals surface area contributed by atoms with Gasteiger partial charge >= 0.3 is 0 Å². The maximum absolute atomic E-state index is 2.08. The molecule has 2 aromatic rings. The lowest BCUT2D eigenvalue weighted by Crippen LogP contribution is -1.66. The second-order valence-corrected chi connectivity index (χ2v) is 5.85. The van der Waals surface area contributed by atoms with Crippen LogP contribution in [0.4, 0.5) is 0 Å². The van der Waals surface area contributed by atoms with E-state index in [4.69, 9.17) is 0 Å². The summed E-state index contributed by atoms with van der Waals surface area (Å²) in [7, 11) is 0. The van der Waals surface area contributed by atoms with Crippen molar-refractivity contribution in [3.63, 3.8) is 0 Å². The van der Waals surface area contributed by atoms with Gasteiger partial charge in [-0.2, -0.15) is 0 Å². The van der Waals surface area contributed by atoms with Crippen LogP contribution in [0, 0.1) is 0 Å². The Morgan fingerprint density at radius 1 is 0.286 bits per heavy atom. The topological polar surface area (TPSA) is 0 Å². The lowest BCUT2D eigenvalue weighted by Gasteiger charge is -1.87. The molecule has 0 nitrogen and oxygen atoms in total. The molecule has 0 N–H and O–H groups in total. The van der Waals surface area contributed by atoms with Gasteiger partial charge < -0.3 is 0 Å². The molecule has 0 fully saturated rings. The summed E-state index contributed by atoms with van der Waals surface area (Å²) in [6.45, 7) is 0. The van der Waals surface area contributed by atoms with Crippen molar-refractivity contribution < 1.29 is 0 Å². The molecule has 28 heavy (non-hydrogen) atoms. The maximum Gasteiger partial charge on any atom is -0.0257 e. The first-order valence-corrected chi connectivity index (χ1v) is 9.40. The third-order valence-electron chi connectivity index (χ3n) is 3.62. The van der Waals surface area contributed by atoms with E-state index in [1.54, 1.807) is 0 Å². The fraction of sp³-hybridized carbons (Fsp3) is 0. The Morgan fingerprint density at radius 3 is 0.821 bits per heavy atom. The zero-order valence-electron chi connectivity index (χ0n) is 16.0. The molecule has 0 aliphatic rings. The van der Waals surface area contributed by atoms with Crippen molar-refractivity contribution in [3.8, 4) is 0 Å². The van der Waals surface area contributed by atoms with Gasteiger partial charge in [-0.05, 0) is 11.1 Å². The molecular weight excluding hydrogens is 336 g/mol. The number of allylic oxidation sites excluding steroid dienone is 14. The van der Waals surface area contributed by atoms with Crippen molar-refractivity contribution in [1.29, 1.82) is 0 Å². The van der Waals surface area contributed by atoms with Crippen molar-refractivity contribution in [2.75, 3.05) is 0 Å². The van der Waals surface area contributed by atoms with E-state index in [0.717, 1.165) is 0 Å². The molecule has 0 atom stereocenters. The monoisotopic (exact) mass is 362 g/mol. The minimum atomic E-state index is 1.20. The minimum Gasteiger partial charge on any atom is -0.0623 e. The van der Waals surface area contributed by atoms with Gasteiger partial charge in [-0.25, -0.2) is 0 Å². The Hall–Kier alpha value is -3.64. The molecule has 0 spiro atoms. The molecule has 0 bridgehead atoms. The summed E-state index contributed by atoms with van der Waals surface area (Å²) < 4.78 is 0. The second kappa shape index (κ2) is 14.5. The lowest BCUT2D eigenvalue weighted by atomic mass is 10.2. The highest BCUT2D eigenvalue weighted by Crippen LogP contribution is 2.01. The highest BCUT2D eigenvalue weighted by atomic mass is 13.9. The summed E-state index contributed by atoms with van der Waals surface area (Å²) in [5, 5.41) is 0. The van der Waals surface area contributed by atoms with Crippen LogP contribution in [-0.2, 0) is 0 Å². The van der Waals surface area contributed by atoms with Crippen molar-refractivity contribution in [1.82, 2.24) is 0 Å². The molecule has 0 heteroatoms. The molecule has 0 aromatic heterocycles. The summed E-state index contributed by atoms with van der Waals surface area (Å²) in [5.74, 6) is 0. The maximum atomic E-state index is 2.08. The van der Waals surface area contributed by atoms with Crippen molar-refractivity contribution in [2.24, 2.45) is 0 Å². The van der Waals surface area contributed by atoms with Crippen molar-refractivity contribution in [2.45, 2.75) is 0 Å². The van der Waals surface area contributed by atoms with Crippen LogP contribution in [0.1, 0.15) is 11.1 Å². The van der Waals surface area contributed by atoms with Crippen LogP contribution >= 0.6 is 0 Å². The van der Waals surface area contributed by atoms with Gasteiger partial charge in [0.15, 0.2) is 0 Å². The van der Waals surface area contributed by atoms with Gasteiger partial charge in [0.2, 0.25) is 0 Å². The van der Waals surface area contributed by atoms with Crippen LogP contribution in [0.2, 0.25) is 0 Å². The third kappa shape index (κ3) is 10.4. The largest absolute Gasteiger partial charge is 0.0623 e. The van der Waals surface area contributed by atoms with Crippen molar-refractivity contribution in [3.05, 3.63) is 157 Å². The normalized spacial score (nSPS) is 13.3. The fourth-order valence-corrected chi connectivity index (χ4v) is 2.23. The summed E-state index contributed by atoms with van der Waals surface area (Å²) in [5.41, 5.74) is 2.41. The second-order valence-electron chi connectivity index (χ2n) is 5.85. The van der Waals surface area contributed by atoms with Crippen LogP contribution in [0.5, 0.6) is 0 Å². The van der Waals surface area contributed by atoms with Gasteiger partial charge in [-0.15, -0.1) is 0 Å². The first-order chi connectivity index (χ1) is 13.9. The highest BCUT2D eigenvalue weighted by Gasteiger charge is 1.79. The van der Waals surface area contributed by atoms with Crippen LogP contribution in [0.3, 0.4) is 0 Å². The van der Waals surface area contributed by atoms with E-state index in [2.05, 4.69) is 36.4 Å². The van der Waals surface area contributed by atoms with E-state index in [1.165, 1.54) is 11.1 Å². The zero-order valence-corrected chi connectivity index (χ0v) is 16.0. The molecule has 0 aliphatic heterocycles. The Morgan fingerprint density at radius 2 is 0.536 bits per heavy atom. The molecule has 0 unspecified atom stereocenters. The van der Waals surface area contributed by atoms with Gasteiger partial charge in [0.25, 0.3) is 0 Å². The van der Waals surface area contributed by atoms with Crippen LogP contribution < -0.4 is 0 Å². The standard InChI is InChI=1S/C28H26/c1(3-5-7-9-11-15-21-27-23-17-13-18-24-27)2-4-6-8-10-12-16-22-28-25-19-14-20-26-28/h1-26H/b3-1+,4-2+,7-5+,8-6+,11-9+,12-10+,21-15+,22-16+. The van der Waals surface area contributed by atoms with E-state index in [9.17, 15) is 0 Å². The van der Waals surface area contributed by atoms with Gasteiger partial charge in [0.05, 0.1) is 0 Å². The van der Waals surface area contributed by atoms with E-state index in [1.807, 2.05) is 121 Å². The van der Waals surface area contributed by atoms with E-state index < -0.39 is 0 Å². The molecule has 138 valence electrons. The van der Waals surface area contributed by atoms with Crippen LogP contribution in [0.15, 0.2) is 146 Å². The van der Waals surface area contributed by atoms with E-state index >= 15 is 0 Å². The van der Waals surface area contributed by atoms with Gasteiger partial charge in [0.1, 0.15) is 0 Å². The predicted octanol–water partition coefficient (Wildman–Crippen LogP) is 7.75. The number of hydrogen-bond donors (Lipinski definition) is 0. The fourth-order valence-electron chi connectivity index (χ4n) is 2.23. The summed E-state index contributed by atoms with van der Waals surface area (Å²) in [6.07, 6.45) is 32.4. The molecule has 0 saturated heterocycles. The molecule has 0 saturated carbocycles. The van der Waals surface area contributed by atoms with Gasteiger partial charge in [-0.3, -0.25) is 0 Å². The third-order valence-corrected chi connectivity index (χ3v) is 3.62. The lowest BCUT2D eigenvalue weighted by molar-refractivity contribution is 1.66. The minimum absolute atomic E-state index is 1.20. The summed E-state index contributed by atoms with van der Waals surface area (Å²) in [4.78, 5) is 0. The average molecular weight is 363 g/mol. The predicted molar refractivity (Wildman–Crippen MR) is 126 cm³/mol. The van der Waals surface area contributed by atoms with E-state index in [0.29, 0.717) is 0 Å². The molecule has 2 rings (SSSR count). The Bertz CT molecular complexity index is 806. The van der Waals surface area contributed by atoms with Crippen molar-refractivity contribution >= 4 is 12.2 Å². The first-order valence-electron chi connectivity index (χ1n) is 9.40. The molecule has 2 aromatic carbocycles. The zero-order chi connectivity index (χ0) is 19.5. The Labute approximate surface area is 169 Å². The summed E-state index contributed by atoms with van der Waals surface area (Å²) >= 11 is 0. The Balaban J connectivity index is 1.60. The Kier molecular flexibility index (Phi) is 10.7. The number of rotatable bonds is 9. The molecule has 0 heterocycles. The van der Waals surface area contributed by atoms with Crippen LogP contribution in [-0.4, -0.2) is 0 Å². The van der Waals surface area contributed by atoms with Crippen LogP contribution in [0.25, 0.3) is 12.2 Å². The molecular formula is C28H26. The van der Waals surface area contributed by atoms with Gasteiger partial charge in [0, 0.05) is 0 Å². The molecule has 0 radical (unpaired) electrons. The van der Waals surface area contributed by atoms with Gasteiger partial charge in [-0.1, -0.05) is 158 Å².